The molecule has 276 valence electrons. The van der Waals surface area contributed by atoms with E-state index in [4.69, 9.17) is 28.2 Å². The maximum absolute atomic E-state index is 14.4. The zero-order valence-corrected chi connectivity index (χ0v) is 31.1. The Balaban J connectivity index is 0.970. The topological polar surface area (TPSA) is 146 Å². The van der Waals surface area contributed by atoms with Gasteiger partial charge in [-0.2, -0.15) is 5.26 Å². The van der Waals surface area contributed by atoms with Gasteiger partial charge < -0.3 is 10.6 Å². The van der Waals surface area contributed by atoms with Crippen LogP contribution in [0.4, 0.5) is 16.0 Å². The second kappa shape index (κ2) is 12.7. The summed E-state index contributed by atoms with van der Waals surface area (Å²) in [6, 6.07) is 19.5. The smallest absolute Gasteiger partial charge is 0.270 e. The van der Waals surface area contributed by atoms with E-state index in [-0.39, 0.29) is 39.7 Å². The summed E-state index contributed by atoms with van der Waals surface area (Å²) < 4.78 is 16.0. The number of hydrogen-bond acceptors (Lipinski definition) is 7. The van der Waals surface area contributed by atoms with Crippen molar-refractivity contribution in [1.82, 2.24) is 30.2 Å². The Bertz CT molecular complexity index is 2430. The Kier molecular flexibility index (Phi) is 8.11. The fourth-order valence-corrected chi connectivity index (χ4v) is 7.97. The molecule has 0 spiro atoms. The van der Waals surface area contributed by atoms with Crippen LogP contribution in [-0.4, -0.2) is 42.8 Å². The molecule has 3 saturated carbocycles. The Morgan fingerprint density at radius 1 is 0.909 bits per heavy atom. The standard InChI is InChI=1S/C41H33Cl2FN8O3/c1-39(18-23-2-4-24(19-45)5-3-23)37(55)51(28-16-29(42)34(44)30(43)17-28)38-48-22-32(52(38)39)35(53)49-41(14-15-41)36(54)50-40(12-13-40)33-11-9-27(21-47-33)26-8-10-31(46-20-26)25-6-7-25/h2-5,8-11,16-17,20-22,25H,6-7,12-15,18H2,1H3,(H,49,53)(H,50,54)/t39-/m1/s1. The number of nitriles is 1. The maximum Gasteiger partial charge on any atom is 0.270 e. The van der Waals surface area contributed by atoms with Crippen LogP contribution in [0.25, 0.3) is 11.1 Å². The average Bonchev–Trinajstić information content (AvgIpc) is 4.12. The molecule has 1 atom stereocenters. The Morgan fingerprint density at radius 2 is 1.58 bits per heavy atom. The molecule has 4 heterocycles. The van der Waals surface area contributed by atoms with Crippen molar-refractivity contribution in [3.63, 3.8) is 0 Å². The zero-order valence-electron chi connectivity index (χ0n) is 29.6. The van der Waals surface area contributed by atoms with Gasteiger partial charge in [-0.25, -0.2) is 14.3 Å². The fourth-order valence-electron chi connectivity index (χ4n) is 7.49. The minimum Gasteiger partial charge on any atom is -0.343 e. The molecule has 3 amide bonds. The number of pyridine rings is 2. The first-order chi connectivity index (χ1) is 26.4. The van der Waals surface area contributed by atoms with Crippen molar-refractivity contribution in [2.45, 2.75) is 74.4 Å². The molecule has 55 heavy (non-hydrogen) atoms. The molecule has 0 unspecified atom stereocenters. The first-order valence-corrected chi connectivity index (χ1v) is 18.8. The molecule has 0 saturated heterocycles. The molecule has 2 aromatic carbocycles. The fraction of sp³-hybridized carbons (Fsp3) is 0.293. The summed E-state index contributed by atoms with van der Waals surface area (Å²) in [6.45, 7) is 1.68. The minimum absolute atomic E-state index is 0.0541. The SMILES string of the molecule is C[C@@]1(Cc2ccc(C#N)cc2)C(=O)N(c2cc(Cl)c(F)c(Cl)c2)c2ncc(C(=O)NC3(C(=O)NC4(c5ccc(-c6ccc(C7CC7)nc6)cn5)CC4)CC3)n21. The molecule has 14 heteroatoms. The molecule has 9 rings (SSSR count). The first kappa shape index (κ1) is 35.1. The molecule has 4 aliphatic rings. The van der Waals surface area contributed by atoms with Gasteiger partial charge in [-0.1, -0.05) is 47.5 Å². The van der Waals surface area contributed by atoms with Crippen LogP contribution in [0.1, 0.15) is 84.4 Å². The number of anilines is 2. The normalized spacial score (nSPS) is 20.1. The molecule has 0 bridgehead atoms. The van der Waals surface area contributed by atoms with Crippen molar-refractivity contribution in [3.05, 3.63) is 123 Å². The predicted molar refractivity (Wildman–Crippen MR) is 202 cm³/mol. The predicted octanol–water partition coefficient (Wildman–Crippen LogP) is 7.24. The average molecular weight is 776 g/mol. The number of imidazole rings is 1. The van der Waals surface area contributed by atoms with Gasteiger partial charge in [0.2, 0.25) is 11.9 Å². The number of nitrogens with one attached hydrogen (secondary N) is 2. The minimum atomic E-state index is -1.41. The van der Waals surface area contributed by atoms with Crippen molar-refractivity contribution in [2.75, 3.05) is 4.90 Å². The van der Waals surface area contributed by atoms with Crippen molar-refractivity contribution in [1.29, 1.82) is 5.26 Å². The van der Waals surface area contributed by atoms with Gasteiger partial charge in [0.05, 0.1) is 44.8 Å². The summed E-state index contributed by atoms with van der Waals surface area (Å²) in [6.07, 6.45) is 9.82. The Labute approximate surface area is 325 Å². The van der Waals surface area contributed by atoms with Crippen LogP contribution in [0.15, 0.2) is 79.3 Å². The van der Waals surface area contributed by atoms with Gasteiger partial charge in [-0.05, 0) is 87.4 Å². The molecule has 5 aromatic rings. The highest BCUT2D eigenvalue weighted by Gasteiger charge is 2.57. The number of carbonyl (C=O) groups is 3. The number of aromatic nitrogens is 4. The molecule has 11 nitrogen and oxygen atoms in total. The lowest BCUT2D eigenvalue weighted by Crippen LogP contribution is -2.52. The molecule has 3 fully saturated rings. The summed E-state index contributed by atoms with van der Waals surface area (Å²) in [4.78, 5) is 57.7. The third-order valence-corrected chi connectivity index (χ3v) is 11.8. The van der Waals surface area contributed by atoms with E-state index in [1.807, 2.05) is 18.3 Å². The lowest BCUT2D eigenvalue weighted by Gasteiger charge is -2.27. The summed E-state index contributed by atoms with van der Waals surface area (Å²) >= 11 is 12.3. The second-order valence-electron chi connectivity index (χ2n) is 15.2. The van der Waals surface area contributed by atoms with Gasteiger partial charge in [0.1, 0.15) is 16.8 Å². The van der Waals surface area contributed by atoms with Crippen LogP contribution in [0, 0.1) is 17.1 Å². The zero-order chi connectivity index (χ0) is 38.3. The molecular weight excluding hydrogens is 742 g/mol. The van der Waals surface area contributed by atoms with Crippen LogP contribution in [0.3, 0.4) is 0 Å². The lowest BCUT2D eigenvalue weighted by molar-refractivity contribution is -0.125. The second-order valence-corrected chi connectivity index (χ2v) is 16.0. The van der Waals surface area contributed by atoms with Crippen LogP contribution in [0.5, 0.6) is 0 Å². The lowest BCUT2D eigenvalue weighted by atomic mass is 9.91. The van der Waals surface area contributed by atoms with Gasteiger partial charge in [0.15, 0.2) is 5.82 Å². The largest absolute Gasteiger partial charge is 0.343 e. The number of rotatable bonds is 10. The highest BCUT2D eigenvalue weighted by atomic mass is 35.5. The third kappa shape index (κ3) is 6.02. The monoisotopic (exact) mass is 774 g/mol. The summed E-state index contributed by atoms with van der Waals surface area (Å²) in [5.41, 5.74) is 1.98. The van der Waals surface area contributed by atoms with Crippen LogP contribution in [0.2, 0.25) is 10.0 Å². The highest BCUT2D eigenvalue weighted by Crippen LogP contribution is 2.48. The number of nitrogens with zero attached hydrogens (tertiary/aromatic N) is 6. The van der Waals surface area contributed by atoms with E-state index in [0.29, 0.717) is 37.2 Å². The van der Waals surface area contributed by atoms with E-state index in [1.165, 1.54) is 40.6 Å². The summed E-state index contributed by atoms with van der Waals surface area (Å²) in [7, 11) is 0. The van der Waals surface area contributed by atoms with Gasteiger partial charge in [-0.15, -0.1) is 0 Å². The van der Waals surface area contributed by atoms with Gasteiger partial charge >= 0.3 is 0 Å². The van der Waals surface area contributed by atoms with Crippen molar-refractivity contribution >= 4 is 52.6 Å². The molecule has 3 aromatic heterocycles. The number of benzene rings is 2. The van der Waals surface area contributed by atoms with Crippen molar-refractivity contribution in [3.8, 4) is 17.2 Å². The highest BCUT2D eigenvalue weighted by molar-refractivity contribution is 6.35. The van der Waals surface area contributed by atoms with Crippen LogP contribution < -0.4 is 15.5 Å². The first-order valence-electron chi connectivity index (χ1n) is 18.1. The number of hydrogen-bond donors (Lipinski definition) is 2. The number of halogens is 3. The summed E-state index contributed by atoms with van der Waals surface area (Å²) in [5, 5.41) is 14.9. The van der Waals surface area contributed by atoms with Gasteiger partial charge in [0.25, 0.3) is 11.8 Å². The van der Waals surface area contributed by atoms with Crippen LogP contribution in [-0.2, 0) is 27.1 Å². The van der Waals surface area contributed by atoms with E-state index < -0.39 is 34.2 Å². The molecule has 3 aliphatic carbocycles. The van der Waals surface area contributed by atoms with Gasteiger partial charge in [0, 0.05) is 41.6 Å². The number of carbonyl (C=O) groups excluding carboxylic acids is 3. The maximum atomic E-state index is 14.4. The van der Waals surface area contributed by atoms with Crippen molar-refractivity contribution < 1.29 is 18.8 Å². The molecule has 1 aliphatic heterocycles. The molecule has 2 N–H and O–H groups in total. The number of amides is 3. The van der Waals surface area contributed by atoms with E-state index in [2.05, 4.69) is 38.8 Å². The van der Waals surface area contributed by atoms with Crippen LogP contribution >= 0.6 is 23.2 Å². The Hall–Kier alpha value is -5.64. The Morgan fingerprint density at radius 3 is 2.15 bits per heavy atom. The van der Waals surface area contributed by atoms with E-state index in [9.17, 15) is 24.0 Å². The summed E-state index contributed by atoms with van der Waals surface area (Å²) in [5.74, 6) is -1.51. The quantitative estimate of drug-likeness (QED) is 0.142. The van der Waals surface area contributed by atoms with Crippen molar-refractivity contribution in [2.24, 2.45) is 0 Å². The number of fused-ring (bicyclic) bond motifs is 1. The van der Waals surface area contributed by atoms with E-state index in [0.717, 1.165) is 28.1 Å². The van der Waals surface area contributed by atoms with E-state index in [1.54, 1.807) is 37.4 Å². The van der Waals surface area contributed by atoms with Gasteiger partial charge in [-0.3, -0.25) is 28.9 Å². The van der Waals surface area contributed by atoms with E-state index >= 15 is 0 Å². The molecule has 0 radical (unpaired) electrons. The third-order valence-electron chi connectivity index (χ3n) is 11.2. The molecular formula is C41H33Cl2FN8O3.